The molecule has 0 aromatic heterocycles. The Morgan fingerprint density at radius 2 is 1.95 bits per heavy atom. The maximum absolute atomic E-state index is 13.6. The van der Waals surface area contributed by atoms with E-state index in [1.54, 1.807) is 6.07 Å². The first kappa shape index (κ1) is 12.8. The summed E-state index contributed by atoms with van der Waals surface area (Å²) >= 11 is 0. The van der Waals surface area contributed by atoms with Crippen LogP contribution in [-0.2, 0) is 4.74 Å². The van der Waals surface area contributed by atoms with E-state index in [2.05, 4.69) is 29.6 Å². The van der Waals surface area contributed by atoms with Gasteiger partial charge >= 0.3 is 0 Å². The van der Waals surface area contributed by atoms with Gasteiger partial charge in [-0.15, -0.1) is 0 Å². The quantitative estimate of drug-likeness (QED) is 0.834. The van der Waals surface area contributed by atoms with Gasteiger partial charge in [0.15, 0.2) is 0 Å². The Morgan fingerprint density at radius 1 is 1.10 bits per heavy atom. The number of benzene rings is 2. The third-order valence-electron chi connectivity index (χ3n) is 4.59. The Hall–Kier alpha value is -1.87. The van der Waals surface area contributed by atoms with Gasteiger partial charge in [-0.25, -0.2) is 4.39 Å². The Labute approximate surface area is 123 Å². The molecule has 2 aliphatic rings. The largest absolute Gasteiger partial charge is 0.378 e. The van der Waals surface area contributed by atoms with Crippen molar-refractivity contribution in [1.29, 1.82) is 0 Å². The van der Waals surface area contributed by atoms with Crippen LogP contribution in [0.2, 0.25) is 0 Å². The van der Waals surface area contributed by atoms with Gasteiger partial charge in [0.25, 0.3) is 0 Å². The first-order chi connectivity index (χ1) is 10.3. The summed E-state index contributed by atoms with van der Waals surface area (Å²) < 4.78 is 19.6. The Bertz CT molecular complexity index is 643. The molecule has 1 fully saturated rings. The summed E-state index contributed by atoms with van der Waals surface area (Å²) in [6.45, 7) is 0.763. The molecule has 0 amide bonds. The van der Waals surface area contributed by atoms with Crippen LogP contribution in [0.25, 0.3) is 0 Å². The summed E-state index contributed by atoms with van der Waals surface area (Å²) in [5.74, 6) is 0.164. The molecule has 1 saturated heterocycles. The van der Waals surface area contributed by atoms with Crippen LogP contribution in [0.1, 0.15) is 36.1 Å². The lowest BCUT2D eigenvalue weighted by Gasteiger charge is -2.43. The molecule has 2 aromatic carbocycles. The second-order valence-corrected chi connectivity index (χ2v) is 5.86. The zero-order valence-corrected chi connectivity index (χ0v) is 11.8. The highest BCUT2D eigenvalue weighted by Crippen LogP contribution is 2.49. The van der Waals surface area contributed by atoms with Crippen molar-refractivity contribution in [2.75, 3.05) is 11.9 Å². The third-order valence-corrected chi connectivity index (χ3v) is 4.59. The normalized spacial score (nSPS) is 27.4. The number of hydrogen-bond acceptors (Lipinski definition) is 2. The Balaban J connectivity index is 1.79. The molecule has 2 heterocycles. The second kappa shape index (κ2) is 5.15. The van der Waals surface area contributed by atoms with Crippen molar-refractivity contribution in [1.82, 2.24) is 0 Å². The summed E-state index contributed by atoms with van der Waals surface area (Å²) in [6.07, 6.45) is 2.17. The number of anilines is 1. The number of fused-ring (bicyclic) bond motifs is 3. The SMILES string of the molecule is Fc1ccc2c(c1)[C@@H]1OCCC[C@@H]1[C@H](c1ccccc1)N2. The van der Waals surface area contributed by atoms with Crippen molar-refractivity contribution in [2.24, 2.45) is 5.92 Å². The molecule has 0 aliphatic carbocycles. The van der Waals surface area contributed by atoms with Gasteiger partial charge in [0.1, 0.15) is 5.82 Å². The molecular formula is C18H18FNO. The molecule has 0 unspecified atom stereocenters. The van der Waals surface area contributed by atoms with Gasteiger partial charge in [0, 0.05) is 23.8 Å². The number of rotatable bonds is 1. The number of nitrogens with one attached hydrogen (secondary N) is 1. The molecule has 3 atom stereocenters. The molecule has 2 aliphatic heterocycles. The summed E-state index contributed by atoms with van der Waals surface area (Å²) in [5, 5.41) is 3.59. The summed E-state index contributed by atoms with van der Waals surface area (Å²) in [6, 6.07) is 15.7. The molecule has 108 valence electrons. The van der Waals surface area contributed by atoms with Gasteiger partial charge in [0.05, 0.1) is 12.1 Å². The summed E-state index contributed by atoms with van der Waals surface area (Å²) in [5.41, 5.74) is 3.23. The fraction of sp³-hybridized carbons (Fsp3) is 0.333. The van der Waals surface area contributed by atoms with Crippen molar-refractivity contribution in [3.05, 3.63) is 65.5 Å². The highest BCUT2D eigenvalue weighted by molar-refractivity contribution is 5.57. The number of halogens is 1. The van der Waals surface area contributed by atoms with Gasteiger partial charge < -0.3 is 10.1 Å². The molecule has 4 rings (SSSR count). The lowest BCUT2D eigenvalue weighted by molar-refractivity contribution is -0.0382. The van der Waals surface area contributed by atoms with E-state index in [0.717, 1.165) is 30.7 Å². The minimum absolute atomic E-state index is 0.00379. The van der Waals surface area contributed by atoms with Crippen LogP contribution < -0.4 is 5.32 Å². The van der Waals surface area contributed by atoms with Crippen LogP contribution in [-0.4, -0.2) is 6.61 Å². The van der Waals surface area contributed by atoms with Crippen LogP contribution in [0, 0.1) is 11.7 Å². The van der Waals surface area contributed by atoms with Gasteiger partial charge in [-0.1, -0.05) is 30.3 Å². The van der Waals surface area contributed by atoms with Crippen LogP contribution in [0.4, 0.5) is 10.1 Å². The van der Waals surface area contributed by atoms with Crippen molar-refractivity contribution in [2.45, 2.75) is 25.0 Å². The van der Waals surface area contributed by atoms with E-state index in [4.69, 9.17) is 4.74 Å². The summed E-state index contributed by atoms with van der Waals surface area (Å²) in [4.78, 5) is 0. The van der Waals surface area contributed by atoms with E-state index in [9.17, 15) is 4.39 Å². The van der Waals surface area contributed by atoms with E-state index in [-0.39, 0.29) is 18.0 Å². The van der Waals surface area contributed by atoms with Crippen molar-refractivity contribution in [3.63, 3.8) is 0 Å². The zero-order valence-electron chi connectivity index (χ0n) is 11.8. The zero-order chi connectivity index (χ0) is 14.2. The minimum Gasteiger partial charge on any atom is -0.378 e. The standard InChI is InChI=1S/C18H18FNO/c19-13-8-9-16-15(11-13)18-14(7-4-10-21-18)17(20-16)12-5-2-1-3-6-12/h1-3,5-6,8-9,11,14,17-18,20H,4,7,10H2/t14-,17+,18-/m1/s1. The molecule has 3 heteroatoms. The van der Waals surface area contributed by atoms with E-state index in [1.807, 2.05) is 12.1 Å². The second-order valence-electron chi connectivity index (χ2n) is 5.86. The molecule has 2 nitrogen and oxygen atoms in total. The van der Waals surface area contributed by atoms with Gasteiger partial charge in [0.2, 0.25) is 0 Å². The first-order valence-corrected chi connectivity index (χ1v) is 7.55. The molecule has 2 aromatic rings. The summed E-state index contributed by atoms with van der Waals surface area (Å²) in [7, 11) is 0. The molecule has 21 heavy (non-hydrogen) atoms. The monoisotopic (exact) mass is 283 g/mol. The molecule has 1 N–H and O–H groups in total. The van der Waals surface area contributed by atoms with Gasteiger partial charge in [-0.2, -0.15) is 0 Å². The lowest BCUT2D eigenvalue weighted by Crippen LogP contribution is -2.36. The van der Waals surface area contributed by atoms with Gasteiger partial charge in [-0.3, -0.25) is 0 Å². The molecule has 0 bridgehead atoms. The van der Waals surface area contributed by atoms with E-state index in [1.165, 1.54) is 11.6 Å². The van der Waals surface area contributed by atoms with Crippen molar-refractivity contribution in [3.8, 4) is 0 Å². The molecular weight excluding hydrogens is 265 g/mol. The van der Waals surface area contributed by atoms with Gasteiger partial charge in [-0.05, 0) is 36.6 Å². The fourth-order valence-corrected chi connectivity index (χ4v) is 3.63. The highest BCUT2D eigenvalue weighted by Gasteiger charge is 2.39. The molecule has 0 spiro atoms. The Morgan fingerprint density at radius 3 is 2.81 bits per heavy atom. The average Bonchev–Trinajstić information content (AvgIpc) is 2.55. The van der Waals surface area contributed by atoms with Crippen LogP contribution in [0.15, 0.2) is 48.5 Å². The molecule has 0 radical (unpaired) electrons. The highest BCUT2D eigenvalue weighted by atomic mass is 19.1. The van der Waals surface area contributed by atoms with Crippen LogP contribution in [0.3, 0.4) is 0 Å². The number of ether oxygens (including phenoxy) is 1. The fourth-order valence-electron chi connectivity index (χ4n) is 3.63. The lowest BCUT2D eigenvalue weighted by atomic mass is 9.77. The number of hydrogen-bond donors (Lipinski definition) is 1. The van der Waals surface area contributed by atoms with Crippen molar-refractivity contribution >= 4 is 5.69 Å². The average molecular weight is 283 g/mol. The third kappa shape index (κ3) is 2.22. The van der Waals surface area contributed by atoms with E-state index < -0.39 is 0 Å². The van der Waals surface area contributed by atoms with Crippen LogP contribution >= 0.6 is 0 Å². The van der Waals surface area contributed by atoms with E-state index >= 15 is 0 Å². The topological polar surface area (TPSA) is 21.3 Å². The Kier molecular flexibility index (Phi) is 3.15. The predicted molar refractivity (Wildman–Crippen MR) is 80.6 cm³/mol. The maximum Gasteiger partial charge on any atom is 0.123 e. The van der Waals surface area contributed by atoms with Crippen LogP contribution in [0.5, 0.6) is 0 Å². The van der Waals surface area contributed by atoms with E-state index in [0.29, 0.717) is 5.92 Å². The predicted octanol–water partition coefficient (Wildman–Crippen LogP) is 4.46. The smallest absolute Gasteiger partial charge is 0.123 e. The molecule has 0 saturated carbocycles. The van der Waals surface area contributed by atoms with Crippen molar-refractivity contribution < 1.29 is 9.13 Å². The minimum atomic E-state index is -0.193. The first-order valence-electron chi connectivity index (χ1n) is 7.55. The maximum atomic E-state index is 13.6.